The molecule has 2 atom stereocenters. The molecule has 0 saturated carbocycles. The molecule has 14 heavy (non-hydrogen) atoms. The summed E-state index contributed by atoms with van der Waals surface area (Å²) in [5.74, 6) is -1.69. The van der Waals surface area contributed by atoms with Crippen LogP contribution in [0.15, 0.2) is 23.3 Å². The summed E-state index contributed by atoms with van der Waals surface area (Å²) in [4.78, 5) is 22.3. The SMILES string of the molecule is COC(=O)C1=C(C(=O)O)[C@@H]2C=C[C@H]1C2. The first-order valence-corrected chi connectivity index (χ1v) is 4.39. The number of esters is 1. The Labute approximate surface area is 80.9 Å². The van der Waals surface area contributed by atoms with E-state index in [4.69, 9.17) is 5.11 Å². The van der Waals surface area contributed by atoms with Gasteiger partial charge in [0.1, 0.15) is 0 Å². The zero-order valence-corrected chi connectivity index (χ0v) is 7.69. The van der Waals surface area contributed by atoms with E-state index in [1.54, 1.807) is 0 Å². The van der Waals surface area contributed by atoms with Gasteiger partial charge in [-0.05, 0) is 6.42 Å². The number of hydrogen-bond donors (Lipinski definition) is 1. The smallest absolute Gasteiger partial charge is 0.334 e. The van der Waals surface area contributed by atoms with Crippen molar-refractivity contribution < 1.29 is 19.4 Å². The Morgan fingerprint density at radius 1 is 1.36 bits per heavy atom. The van der Waals surface area contributed by atoms with E-state index >= 15 is 0 Å². The van der Waals surface area contributed by atoms with Crippen molar-refractivity contribution in [2.45, 2.75) is 6.42 Å². The van der Waals surface area contributed by atoms with Crippen LogP contribution in [-0.4, -0.2) is 24.2 Å². The second-order valence-corrected chi connectivity index (χ2v) is 3.46. The second-order valence-electron chi connectivity index (χ2n) is 3.46. The number of fused-ring (bicyclic) bond motifs is 2. The number of ether oxygens (including phenoxy) is 1. The lowest BCUT2D eigenvalue weighted by Crippen LogP contribution is -2.16. The van der Waals surface area contributed by atoms with Crippen molar-refractivity contribution in [2.24, 2.45) is 11.8 Å². The highest BCUT2D eigenvalue weighted by molar-refractivity contribution is 6.02. The van der Waals surface area contributed by atoms with E-state index in [-0.39, 0.29) is 17.4 Å². The van der Waals surface area contributed by atoms with Gasteiger partial charge in [-0.3, -0.25) is 0 Å². The quantitative estimate of drug-likeness (QED) is 0.520. The van der Waals surface area contributed by atoms with Gasteiger partial charge >= 0.3 is 11.9 Å². The van der Waals surface area contributed by atoms with Crippen LogP contribution in [-0.2, 0) is 14.3 Å². The van der Waals surface area contributed by atoms with Crippen LogP contribution in [0.25, 0.3) is 0 Å². The van der Waals surface area contributed by atoms with E-state index in [1.807, 2.05) is 12.2 Å². The Balaban J connectivity index is 2.43. The van der Waals surface area contributed by atoms with E-state index in [1.165, 1.54) is 7.11 Å². The summed E-state index contributed by atoms with van der Waals surface area (Å²) < 4.78 is 4.57. The number of rotatable bonds is 2. The predicted molar refractivity (Wildman–Crippen MR) is 47.4 cm³/mol. The zero-order chi connectivity index (χ0) is 10.3. The fraction of sp³-hybridized carbons (Fsp3) is 0.400. The van der Waals surface area contributed by atoms with Gasteiger partial charge in [0.05, 0.1) is 18.3 Å². The normalized spacial score (nSPS) is 28.4. The second kappa shape index (κ2) is 2.97. The van der Waals surface area contributed by atoms with Gasteiger partial charge in [0, 0.05) is 11.8 Å². The van der Waals surface area contributed by atoms with Crippen LogP contribution in [0, 0.1) is 11.8 Å². The molecule has 0 aromatic carbocycles. The van der Waals surface area contributed by atoms with Gasteiger partial charge in [-0.15, -0.1) is 0 Å². The molecular weight excluding hydrogens is 184 g/mol. The fourth-order valence-electron chi connectivity index (χ4n) is 2.17. The minimum Gasteiger partial charge on any atom is -0.478 e. The third-order valence-electron chi connectivity index (χ3n) is 2.75. The van der Waals surface area contributed by atoms with E-state index in [0.29, 0.717) is 12.0 Å². The molecule has 2 aliphatic carbocycles. The van der Waals surface area contributed by atoms with Crippen molar-refractivity contribution in [1.82, 2.24) is 0 Å². The summed E-state index contributed by atoms with van der Waals surface area (Å²) in [5.41, 5.74) is 0.539. The maximum Gasteiger partial charge on any atom is 0.334 e. The zero-order valence-electron chi connectivity index (χ0n) is 7.69. The lowest BCUT2D eigenvalue weighted by molar-refractivity contribution is -0.138. The van der Waals surface area contributed by atoms with Crippen molar-refractivity contribution in [3.63, 3.8) is 0 Å². The van der Waals surface area contributed by atoms with Crippen LogP contribution in [0.1, 0.15) is 6.42 Å². The summed E-state index contributed by atoms with van der Waals surface area (Å²) >= 11 is 0. The molecule has 0 radical (unpaired) electrons. The average Bonchev–Trinajstić information content (AvgIpc) is 2.74. The first-order chi connectivity index (χ1) is 6.65. The molecule has 1 N–H and O–H groups in total. The highest BCUT2D eigenvalue weighted by Gasteiger charge is 2.42. The Kier molecular flexibility index (Phi) is 1.91. The summed E-state index contributed by atoms with van der Waals surface area (Å²) in [7, 11) is 1.27. The number of carbonyl (C=O) groups excluding carboxylic acids is 1. The molecule has 0 aromatic rings. The molecule has 0 heterocycles. The molecule has 0 saturated heterocycles. The molecule has 2 aliphatic rings. The molecule has 4 heteroatoms. The third kappa shape index (κ3) is 1.07. The predicted octanol–water partition coefficient (Wildman–Crippen LogP) is 0.746. The van der Waals surface area contributed by atoms with Gasteiger partial charge in [0.2, 0.25) is 0 Å². The molecule has 4 nitrogen and oxygen atoms in total. The molecule has 0 aliphatic heterocycles. The monoisotopic (exact) mass is 194 g/mol. The number of aliphatic carboxylic acids is 1. The van der Waals surface area contributed by atoms with E-state index in [9.17, 15) is 9.59 Å². The van der Waals surface area contributed by atoms with Gasteiger partial charge in [-0.25, -0.2) is 9.59 Å². The number of allylic oxidation sites excluding steroid dienone is 2. The van der Waals surface area contributed by atoms with Crippen molar-refractivity contribution in [1.29, 1.82) is 0 Å². The summed E-state index contributed by atoms with van der Waals surface area (Å²) in [6, 6.07) is 0. The minimum absolute atomic E-state index is 0.0569. The van der Waals surface area contributed by atoms with Gasteiger partial charge < -0.3 is 9.84 Å². The van der Waals surface area contributed by atoms with E-state index in [0.717, 1.165) is 0 Å². The number of carboxylic acid groups (broad SMARTS) is 1. The lowest BCUT2D eigenvalue weighted by Gasteiger charge is -2.10. The summed E-state index contributed by atoms with van der Waals surface area (Å²) in [5, 5.41) is 8.95. The largest absolute Gasteiger partial charge is 0.478 e. The van der Waals surface area contributed by atoms with Crippen LogP contribution in [0.3, 0.4) is 0 Å². The first kappa shape index (κ1) is 8.99. The maximum atomic E-state index is 11.3. The van der Waals surface area contributed by atoms with Crippen molar-refractivity contribution in [3.8, 4) is 0 Å². The van der Waals surface area contributed by atoms with Crippen molar-refractivity contribution in [3.05, 3.63) is 23.3 Å². The Bertz CT molecular complexity index is 364. The molecule has 2 rings (SSSR count). The highest BCUT2D eigenvalue weighted by atomic mass is 16.5. The minimum atomic E-state index is -1.01. The van der Waals surface area contributed by atoms with Crippen LogP contribution < -0.4 is 0 Å². The third-order valence-corrected chi connectivity index (χ3v) is 2.75. The van der Waals surface area contributed by atoms with Crippen LogP contribution in [0.2, 0.25) is 0 Å². The van der Waals surface area contributed by atoms with Gasteiger partial charge in [-0.2, -0.15) is 0 Å². The number of methoxy groups -OCH3 is 1. The van der Waals surface area contributed by atoms with Crippen LogP contribution in [0.4, 0.5) is 0 Å². The lowest BCUT2D eigenvalue weighted by atomic mass is 9.97. The molecule has 0 amide bonds. The summed E-state index contributed by atoms with van der Waals surface area (Å²) in [6.07, 6.45) is 4.43. The molecule has 0 unspecified atom stereocenters. The van der Waals surface area contributed by atoms with Gasteiger partial charge in [-0.1, -0.05) is 12.2 Å². The van der Waals surface area contributed by atoms with Crippen LogP contribution in [0.5, 0.6) is 0 Å². The fourth-order valence-corrected chi connectivity index (χ4v) is 2.17. The standard InChI is InChI=1S/C10H10O4/c1-14-10(13)8-6-3-2-5(4-6)7(8)9(11)12/h2-3,5-6H,4H2,1H3,(H,11,12)/t5-,6+/m1/s1. The summed E-state index contributed by atoms with van der Waals surface area (Å²) in [6.45, 7) is 0. The van der Waals surface area contributed by atoms with Gasteiger partial charge in [0.15, 0.2) is 0 Å². The van der Waals surface area contributed by atoms with Crippen LogP contribution >= 0.6 is 0 Å². The van der Waals surface area contributed by atoms with E-state index < -0.39 is 11.9 Å². The number of hydrogen-bond acceptors (Lipinski definition) is 3. The molecule has 0 spiro atoms. The van der Waals surface area contributed by atoms with Gasteiger partial charge in [0.25, 0.3) is 0 Å². The maximum absolute atomic E-state index is 11.3. The molecule has 2 bridgehead atoms. The molecule has 0 fully saturated rings. The first-order valence-electron chi connectivity index (χ1n) is 4.39. The van der Waals surface area contributed by atoms with Crippen molar-refractivity contribution in [2.75, 3.05) is 7.11 Å². The number of carboxylic acids is 1. The Morgan fingerprint density at radius 3 is 2.43 bits per heavy atom. The highest BCUT2D eigenvalue weighted by Crippen LogP contribution is 2.44. The van der Waals surface area contributed by atoms with Crippen molar-refractivity contribution >= 4 is 11.9 Å². The number of carbonyl (C=O) groups is 2. The molecular formula is C10H10O4. The molecule has 0 aromatic heterocycles. The Morgan fingerprint density at radius 2 is 1.93 bits per heavy atom. The molecule has 74 valence electrons. The van der Waals surface area contributed by atoms with E-state index in [2.05, 4.69) is 4.74 Å². The topological polar surface area (TPSA) is 63.6 Å². The average molecular weight is 194 g/mol. The Hall–Kier alpha value is -1.58.